The van der Waals surface area contributed by atoms with Gasteiger partial charge in [-0.25, -0.2) is 0 Å². The van der Waals surface area contributed by atoms with Gasteiger partial charge in [0.05, 0.1) is 0 Å². The summed E-state index contributed by atoms with van der Waals surface area (Å²) in [6, 6.07) is 15.5. The third kappa shape index (κ3) is 3.14. The normalized spacial score (nSPS) is 15.9. The van der Waals surface area contributed by atoms with Crippen molar-refractivity contribution >= 4 is 34.6 Å². The molecule has 4 heteroatoms. The molecular weight excluding hydrogens is 279 g/mol. The standard InChI is InChI=1S/C15H14Cl2N2/c16-11-1-5-13(6-2-11)18-15(9-10-15)19-14-7-3-12(17)4-8-14/h1-8,18-19H,9-10H2. The van der Waals surface area contributed by atoms with Crippen LogP contribution >= 0.6 is 23.2 Å². The van der Waals surface area contributed by atoms with Crippen LogP contribution in [0.25, 0.3) is 0 Å². The maximum atomic E-state index is 5.89. The van der Waals surface area contributed by atoms with E-state index in [2.05, 4.69) is 10.6 Å². The van der Waals surface area contributed by atoms with Gasteiger partial charge >= 0.3 is 0 Å². The first-order valence-corrected chi connectivity index (χ1v) is 6.98. The minimum atomic E-state index is -0.0400. The Hall–Kier alpha value is -1.38. The molecule has 0 unspecified atom stereocenters. The van der Waals surface area contributed by atoms with Crippen molar-refractivity contribution in [3.63, 3.8) is 0 Å². The van der Waals surface area contributed by atoms with Gasteiger partial charge in [0.1, 0.15) is 5.66 Å². The van der Waals surface area contributed by atoms with Gasteiger partial charge < -0.3 is 10.6 Å². The van der Waals surface area contributed by atoms with Crippen LogP contribution < -0.4 is 10.6 Å². The molecule has 1 fully saturated rings. The van der Waals surface area contributed by atoms with Crippen LogP contribution in [0.3, 0.4) is 0 Å². The van der Waals surface area contributed by atoms with Crippen LogP contribution in [-0.2, 0) is 0 Å². The molecule has 0 aromatic heterocycles. The lowest BCUT2D eigenvalue weighted by Crippen LogP contribution is -2.30. The zero-order valence-corrected chi connectivity index (χ0v) is 11.8. The summed E-state index contributed by atoms with van der Waals surface area (Å²) in [5.41, 5.74) is 2.11. The molecule has 2 N–H and O–H groups in total. The molecule has 0 radical (unpaired) electrons. The van der Waals surface area contributed by atoms with Crippen molar-refractivity contribution in [3.05, 3.63) is 58.6 Å². The average Bonchev–Trinajstić information content (AvgIpc) is 3.15. The minimum Gasteiger partial charge on any atom is -0.363 e. The highest BCUT2D eigenvalue weighted by molar-refractivity contribution is 6.30. The Balaban J connectivity index is 1.70. The van der Waals surface area contributed by atoms with Crippen LogP contribution in [0.2, 0.25) is 10.0 Å². The quantitative estimate of drug-likeness (QED) is 0.774. The van der Waals surface area contributed by atoms with E-state index in [1.807, 2.05) is 48.5 Å². The molecule has 1 aliphatic rings. The first-order valence-electron chi connectivity index (χ1n) is 6.23. The summed E-state index contributed by atoms with van der Waals surface area (Å²) in [5.74, 6) is 0. The second-order valence-electron chi connectivity index (χ2n) is 4.85. The van der Waals surface area contributed by atoms with Crippen LogP contribution in [0.15, 0.2) is 48.5 Å². The van der Waals surface area contributed by atoms with Crippen molar-refractivity contribution in [2.75, 3.05) is 10.6 Å². The molecule has 0 amide bonds. The monoisotopic (exact) mass is 292 g/mol. The maximum Gasteiger partial charge on any atom is 0.108 e. The van der Waals surface area contributed by atoms with E-state index >= 15 is 0 Å². The van der Waals surface area contributed by atoms with Crippen LogP contribution in [0.5, 0.6) is 0 Å². The van der Waals surface area contributed by atoms with Crippen molar-refractivity contribution < 1.29 is 0 Å². The third-order valence-corrected chi connectivity index (χ3v) is 3.71. The third-order valence-electron chi connectivity index (χ3n) is 3.21. The molecule has 0 saturated heterocycles. The van der Waals surface area contributed by atoms with Gasteiger partial charge in [-0.2, -0.15) is 0 Å². The zero-order valence-electron chi connectivity index (χ0n) is 10.3. The van der Waals surface area contributed by atoms with Gasteiger partial charge in [0, 0.05) is 21.4 Å². The summed E-state index contributed by atoms with van der Waals surface area (Å²) in [6.07, 6.45) is 2.19. The summed E-state index contributed by atoms with van der Waals surface area (Å²) in [7, 11) is 0. The molecule has 0 spiro atoms. The van der Waals surface area contributed by atoms with Gasteiger partial charge in [-0.05, 0) is 61.4 Å². The van der Waals surface area contributed by atoms with Crippen LogP contribution in [-0.4, -0.2) is 5.66 Å². The summed E-state index contributed by atoms with van der Waals surface area (Å²) >= 11 is 11.8. The minimum absolute atomic E-state index is 0.0400. The number of hydrogen-bond donors (Lipinski definition) is 2. The van der Waals surface area contributed by atoms with Crippen molar-refractivity contribution in [2.24, 2.45) is 0 Å². The summed E-state index contributed by atoms with van der Waals surface area (Å²) in [4.78, 5) is 0. The van der Waals surface area contributed by atoms with Crippen molar-refractivity contribution in [2.45, 2.75) is 18.5 Å². The van der Waals surface area contributed by atoms with Crippen LogP contribution in [0, 0.1) is 0 Å². The Bertz CT molecular complexity index is 510. The summed E-state index contributed by atoms with van der Waals surface area (Å²) < 4.78 is 0. The lowest BCUT2D eigenvalue weighted by Gasteiger charge is -2.22. The van der Waals surface area contributed by atoms with Crippen molar-refractivity contribution in [1.29, 1.82) is 0 Å². The van der Waals surface area contributed by atoms with Crippen LogP contribution in [0.1, 0.15) is 12.8 Å². The van der Waals surface area contributed by atoms with E-state index in [1.165, 1.54) is 0 Å². The van der Waals surface area contributed by atoms with Gasteiger partial charge in [0.2, 0.25) is 0 Å². The molecule has 19 heavy (non-hydrogen) atoms. The maximum absolute atomic E-state index is 5.89. The Morgan fingerprint density at radius 3 is 1.37 bits per heavy atom. The molecule has 0 bridgehead atoms. The Kier molecular flexibility index (Phi) is 3.29. The Morgan fingerprint density at radius 2 is 1.05 bits per heavy atom. The van der Waals surface area contributed by atoms with E-state index in [-0.39, 0.29) is 5.66 Å². The van der Waals surface area contributed by atoms with E-state index in [0.29, 0.717) is 0 Å². The number of rotatable bonds is 4. The highest BCUT2D eigenvalue weighted by atomic mass is 35.5. The van der Waals surface area contributed by atoms with Gasteiger partial charge in [-0.1, -0.05) is 23.2 Å². The highest BCUT2D eigenvalue weighted by Gasteiger charge is 2.42. The molecular formula is C15H14Cl2N2. The molecule has 1 aliphatic carbocycles. The number of anilines is 2. The molecule has 2 nitrogen and oxygen atoms in total. The van der Waals surface area contributed by atoms with Crippen molar-refractivity contribution in [1.82, 2.24) is 0 Å². The highest BCUT2D eigenvalue weighted by Crippen LogP contribution is 2.39. The van der Waals surface area contributed by atoms with Gasteiger partial charge in [0.15, 0.2) is 0 Å². The van der Waals surface area contributed by atoms with E-state index in [0.717, 1.165) is 34.3 Å². The average molecular weight is 293 g/mol. The lowest BCUT2D eigenvalue weighted by atomic mass is 10.2. The predicted molar refractivity (Wildman–Crippen MR) is 82.1 cm³/mol. The second-order valence-corrected chi connectivity index (χ2v) is 5.72. The van der Waals surface area contributed by atoms with Gasteiger partial charge in [-0.3, -0.25) is 0 Å². The SMILES string of the molecule is Clc1ccc(NC2(Nc3ccc(Cl)cc3)CC2)cc1. The number of halogens is 2. The number of benzene rings is 2. The number of nitrogens with one attached hydrogen (secondary N) is 2. The summed E-state index contributed by atoms with van der Waals surface area (Å²) in [5, 5.41) is 8.54. The fraction of sp³-hybridized carbons (Fsp3) is 0.200. The second kappa shape index (κ2) is 4.95. The fourth-order valence-electron chi connectivity index (χ4n) is 2.03. The Labute approximate surface area is 122 Å². The van der Waals surface area contributed by atoms with Gasteiger partial charge in [-0.15, -0.1) is 0 Å². The topological polar surface area (TPSA) is 24.1 Å². The zero-order chi connectivity index (χ0) is 13.3. The van der Waals surface area contributed by atoms with E-state index in [9.17, 15) is 0 Å². The van der Waals surface area contributed by atoms with Crippen molar-refractivity contribution in [3.8, 4) is 0 Å². The molecule has 2 aromatic carbocycles. The molecule has 3 rings (SSSR count). The van der Waals surface area contributed by atoms with E-state index in [4.69, 9.17) is 23.2 Å². The molecule has 1 saturated carbocycles. The van der Waals surface area contributed by atoms with E-state index in [1.54, 1.807) is 0 Å². The largest absolute Gasteiger partial charge is 0.363 e. The smallest absolute Gasteiger partial charge is 0.108 e. The molecule has 0 heterocycles. The molecule has 2 aromatic rings. The lowest BCUT2D eigenvalue weighted by molar-refractivity contribution is 0.848. The van der Waals surface area contributed by atoms with Gasteiger partial charge in [0.25, 0.3) is 0 Å². The first kappa shape index (κ1) is 12.6. The molecule has 98 valence electrons. The predicted octanol–water partition coefficient (Wildman–Crippen LogP) is 5.01. The fourth-order valence-corrected chi connectivity index (χ4v) is 2.28. The number of hydrogen-bond acceptors (Lipinski definition) is 2. The molecule has 0 aliphatic heterocycles. The summed E-state index contributed by atoms with van der Waals surface area (Å²) in [6.45, 7) is 0. The van der Waals surface area contributed by atoms with E-state index < -0.39 is 0 Å². The van der Waals surface area contributed by atoms with Crippen LogP contribution in [0.4, 0.5) is 11.4 Å². The first-order chi connectivity index (χ1) is 9.15. The molecule has 0 atom stereocenters. The Morgan fingerprint density at radius 1 is 0.684 bits per heavy atom.